The van der Waals surface area contributed by atoms with Gasteiger partial charge in [-0.1, -0.05) is 0 Å². The van der Waals surface area contributed by atoms with Crippen molar-refractivity contribution in [3.63, 3.8) is 0 Å². The van der Waals surface area contributed by atoms with Crippen LogP contribution in [0.25, 0.3) is 5.52 Å². The van der Waals surface area contributed by atoms with Crippen molar-refractivity contribution in [3.8, 4) is 0 Å². The molecule has 0 spiro atoms. The first-order valence-electron chi connectivity index (χ1n) is 4.28. The van der Waals surface area contributed by atoms with Gasteiger partial charge in [0, 0.05) is 0 Å². The molecule has 0 radical (unpaired) electrons. The van der Waals surface area contributed by atoms with Crippen LogP contribution in [-0.2, 0) is 4.74 Å². The first-order valence-corrected chi connectivity index (χ1v) is 4.28. The molecule has 0 bridgehead atoms. The maximum atomic E-state index is 11.3. The molecule has 0 aromatic carbocycles. The summed E-state index contributed by atoms with van der Waals surface area (Å²) in [5.41, 5.74) is 1.13. The fraction of sp³-hybridized carbons (Fsp3) is 0.222. The van der Waals surface area contributed by atoms with Crippen molar-refractivity contribution in [1.29, 1.82) is 0 Å². The number of carbonyl (C=O) groups is 1. The Morgan fingerprint density at radius 1 is 1.64 bits per heavy atom. The van der Waals surface area contributed by atoms with Crippen molar-refractivity contribution < 1.29 is 9.53 Å². The van der Waals surface area contributed by atoms with E-state index in [4.69, 9.17) is 4.74 Å². The highest BCUT2D eigenvalue weighted by Crippen LogP contribution is 2.04. The maximum Gasteiger partial charge on any atom is 0.357 e. The van der Waals surface area contributed by atoms with Crippen LogP contribution in [0.1, 0.15) is 17.4 Å². The zero-order valence-electron chi connectivity index (χ0n) is 7.67. The van der Waals surface area contributed by atoms with Crippen molar-refractivity contribution in [2.24, 2.45) is 0 Å². The molecular formula is C9H9N3O2. The molecule has 72 valence electrons. The minimum absolute atomic E-state index is 0.305. The number of carbonyl (C=O) groups excluding carboxylic acids is 1. The summed E-state index contributed by atoms with van der Waals surface area (Å²) < 4.78 is 6.41. The van der Waals surface area contributed by atoms with Gasteiger partial charge in [-0.15, -0.1) is 0 Å². The number of fused-ring (bicyclic) bond motifs is 1. The molecule has 0 aliphatic rings. The zero-order valence-corrected chi connectivity index (χ0v) is 7.67. The van der Waals surface area contributed by atoms with E-state index in [0.717, 1.165) is 5.52 Å². The monoisotopic (exact) mass is 191 g/mol. The average Bonchev–Trinajstić information content (AvgIpc) is 2.64. The Bertz CT molecular complexity index is 464. The van der Waals surface area contributed by atoms with Gasteiger partial charge in [-0.05, 0) is 19.1 Å². The van der Waals surface area contributed by atoms with Gasteiger partial charge in [0.15, 0.2) is 5.69 Å². The van der Waals surface area contributed by atoms with E-state index in [9.17, 15) is 4.79 Å². The van der Waals surface area contributed by atoms with Crippen LogP contribution in [0.3, 0.4) is 0 Å². The lowest BCUT2D eigenvalue weighted by Gasteiger charge is -2.00. The summed E-state index contributed by atoms with van der Waals surface area (Å²) in [6, 6.07) is 3.44. The second kappa shape index (κ2) is 3.45. The number of ether oxygens (including phenoxy) is 1. The van der Waals surface area contributed by atoms with Gasteiger partial charge >= 0.3 is 5.97 Å². The molecule has 5 nitrogen and oxygen atoms in total. The SMILES string of the molecule is CCOC(=O)c1cc2ccnn2cn1. The number of hydrogen-bond donors (Lipinski definition) is 0. The molecule has 0 atom stereocenters. The summed E-state index contributed by atoms with van der Waals surface area (Å²) in [4.78, 5) is 15.2. The van der Waals surface area contributed by atoms with Crippen molar-refractivity contribution in [2.75, 3.05) is 6.61 Å². The predicted molar refractivity (Wildman–Crippen MR) is 48.9 cm³/mol. The maximum absolute atomic E-state index is 11.3. The van der Waals surface area contributed by atoms with Gasteiger partial charge in [0.25, 0.3) is 0 Å². The molecule has 2 aromatic rings. The first kappa shape index (κ1) is 8.68. The molecule has 0 unspecified atom stereocenters. The Kier molecular flexibility index (Phi) is 2.14. The Hall–Kier alpha value is -1.91. The Balaban J connectivity index is 2.38. The van der Waals surface area contributed by atoms with Gasteiger partial charge in [-0.25, -0.2) is 14.3 Å². The summed E-state index contributed by atoms with van der Waals surface area (Å²) in [6.07, 6.45) is 3.13. The van der Waals surface area contributed by atoms with E-state index in [-0.39, 0.29) is 0 Å². The van der Waals surface area contributed by atoms with Gasteiger partial charge in [-0.3, -0.25) is 0 Å². The predicted octanol–water partition coefficient (Wildman–Crippen LogP) is 0.906. The largest absolute Gasteiger partial charge is 0.461 e. The number of rotatable bonds is 2. The molecule has 0 amide bonds. The quantitative estimate of drug-likeness (QED) is 0.662. The normalized spacial score (nSPS) is 10.4. The van der Waals surface area contributed by atoms with E-state index >= 15 is 0 Å². The van der Waals surface area contributed by atoms with Gasteiger partial charge in [0.1, 0.15) is 6.33 Å². The average molecular weight is 191 g/mol. The van der Waals surface area contributed by atoms with E-state index in [0.29, 0.717) is 12.3 Å². The number of esters is 1. The molecule has 2 rings (SSSR count). The molecule has 0 N–H and O–H groups in total. The third-order valence-corrected chi connectivity index (χ3v) is 1.78. The topological polar surface area (TPSA) is 56.5 Å². The summed E-state index contributed by atoms with van der Waals surface area (Å²) in [5, 5.41) is 3.97. The van der Waals surface area contributed by atoms with Gasteiger partial charge in [0.05, 0.1) is 18.3 Å². The van der Waals surface area contributed by atoms with Gasteiger partial charge in [0.2, 0.25) is 0 Å². The van der Waals surface area contributed by atoms with E-state index in [1.807, 2.05) is 0 Å². The van der Waals surface area contributed by atoms with Crippen molar-refractivity contribution >= 4 is 11.5 Å². The molecule has 2 heterocycles. The molecule has 5 heteroatoms. The highest BCUT2D eigenvalue weighted by Gasteiger charge is 2.08. The minimum atomic E-state index is -0.406. The van der Waals surface area contributed by atoms with Crippen LogP contribution >= 0.6 is 0 Å². The molecule has 14 heavy (non-hydrogen) atoms. The fourth-order valence-electron chi connectivity index (χ4n) is 1.15. The summed E-state index contributed by atoms with van der Waals surface area (Å²) in [6.45, 7) is 2.11. The molecule has 0 aliphatic carbocycles. The van der Waals surface area contributed by atoms with Crippen molar-refractivity contribution in [2.45, 2.75) is 6.92 Å². The van der Waals surface area contributed by atoms with Crippen LogP contribution in [0, 0.1) is 0 Å². The fourth-order valence-corrected chi connectivity index (χ4v) is 1.15. The third kappa shape index (κ3) is 1.44. The lowest BCUT2D eigenvalue weighted by molar-refractivity contribution is 0.0519. The smallest absolute Gasteiger partial charge is 0.357 e. The van der Waals surface area contributed by atoms with E-state index in [2.05, 4.69) is 10.1 Å². The van der Waals surface area contributed by atoms with Crippen LogP contribution in [0.2, 0.25) is 0 Å². The minimum Gasteiger partial charge on any atom is -0.461 e. The third-order valence-electron chi connectivity index (χ3n) is 1.78. The highest BCUT2D eigenvalue weighted by atomic mass is 16.5. The van der Waals surface area contributed by atoms with Crippen molar-refractivity contribution in [1.82, 2.24) is 14.6 Å². The number of aromatic nitrogens is 3. The van der Waals surface area contributed by atoms with Gasteiger partial charge in [-0.2, -0.15) is 5.10 Å². The van der Waals surface area contributed by atoms with Crippen LogP contribution in [-0.4, -0.2) is 27.2 Å². The summed E-state index contributed by atoms with van der Waals surface area (Å²) >= 11 is 0. The summed E-state index contributed by atoms with van der Waals surface area (Å²) in [5.74, 6) is -0.406. The van der Waals surface area contributed by atoms with Crippen molar-refractivity contribution in [3.05, 3.63) is 30.4 Å². The first-order chi connectivity index (χ1) is 6.81. The Morgan fingerprint density at radius 2 is 2.50 bits per heavy atom. The van der Waals surface area contributed by atoms with E-state index in [1.54, 1.807) is 29.8 Å². The van der Waals surface area contributed by atoms with Crippen LogP contribution < -0.4 is 0 Å². The van der Waals surface area contributed by atoms with Crippen LogP contribution in [0.5, 0.6) is 0 Å². The second-order valence-corrected chi connectivity index (χ2v) is 2.70. The van der Waals surface area contributed by atoms with Gasteiger partial charge < -0.3 is 4.74 Å². The number of nitrogens with zero attached hydrogens (tertiary/aromatic N) is 3. The standard InChI is InChI=1S/C9H9N3O2/c1-2-14-9(13)8-5-7-3-4-11-12(7)6-10-8/h3-6H,2H2,1H3. The zero-order chi connectivity index (χ0) is 9.97. The lowest BCUT2D eigenvalue weighted by atomic mass is 10.3. The van der Waals surface area contributed by atoms with Crippen LogP contribution in [0.15, 0.2) is 24.7 Å². The molecule has 0 saturated heterocycles. The van der Waals surface area contributed by atoms with E-state index in [1.165, 1.54) is 6.33 Å². The highest BCUT2D eigenvalue weighted by molar-refractivity contribution is 5.88. The van der Waals surface area contributed by atoms with E-state index < -0.39 is 5.97 Å². The molecule has 0 fully saturated rings. The molecule has 0 aliphatic heterocycles. The molecule has 0 saturated carbocycles. The number of hydrogen-bond acceptors (Lipinski definition) is 4. The molecular weight excluding hydrogens is 182 g/mol. The second-order valence-electron chi connectivity index (χ2n) is 2.70. The van der Waals surface area contributed by atoms with Crippen LogP contribution in [0.4, 0.5) is 0 Å². The molecule has 2 aromatic heterocycles. The Labute approximate surface area is 80.3 Å². The Morgan fingerprint density at radius 3 is 3.29 bits per heavy atom. The summed E-state index contributed by atoms with van der Waals surface area (Å²) in [7, 11) is 0. The lowest BCUT2D eigenvalue weighted by Crippen LogP contribution is -2.07.